The Hall–Kier alpha value is -1.25. The number of rotatable bonds is 3. The van der Waals surface area contributed by atoms with Crippen LogP contribution in [0.4, 0.5) is 11.5 Å². The quantitative estimate of drug-likeness (QED) is 0.747. The van der Waals surface area contributed by atoms with Gasteiger partial charge in [-0.25, -0.2) is 4.98 Å². The smallest absolute Gasteiger partial charge is 0.129 e. The fourth-order valence-electron chi connectivity index (χ4n) is 1.08. The summed E-state index contributed by atoms with van der Waals surface area (Å²) >= 11 is 0. The molecule has 0 bridgehead atoms. The van der Waals surface area contributed by atoms with Crippen LogP contribution in [0.3, 0.4) is 0 Å². The van der Waals surface area contributed by atoms with Crippen molar-refractivity contribution in [2.24, 2.45) is 0 Å². The monoisotopic (exact) mass is 179 g/mol. The summed E-state index contributed by atoms with van der Waals surface area (Å²) in [6, 6.07) is 2.38. The Labute approximate surface area is 79.4 Å². The fraction of sp³-hybridized carbons (Fsp3) is 0.500. The maximum Gasteiger partial charge on any atom is 0.129 e. The standard InChI is InChI=1S/C10H17N3/c1-4-8(3)13-10-7(2)5-9(11)6-12-10/h5-6,8H,4,11H2,1-3H3,(H,12,13). The van der Waals surface area contributed by atoms with Crippen LogP contribution in [0.5, 0.6) is 0 Å². The number of nitrogens with zero attached hydrogens (tertiary/aromatic N) is 1. The van der Waals surface area contributed by atoms with Crippen molar-refractivity contribution >= 4 is 11.5 Å². The van der Waals surface area contributed by atoms with Crippen LogP contribution in [0.15, 0.2) is 12.3 Å². The minimum Gasteiger partial charge on any atom is -0.397 e. The van der Waals surface area contributed by atoms with Gasteiger partial charge in [-0.15, -0.1) is 0 Å². The van der Waals surface area contributed by atoms with Crippen molar-refractivity contribution in [2.75, 3.05) is 11.1 Å². The summed E-state index contributed by atoms with van der Waals surface area (Å²) in [5.74, 6) is 0.934. The zero-order chi connectivity index (χ0) is 9.84. The number of nitrogens with one attached hydrogen (secondary N) is 1. The minimum absolute atomic E-state index is 0.454. The van der Waals surface area contributed by atoms with Gasteiger partial charge in [0.15, 0.2) is 0 Å². The average molecular weight is 179 g/mol. The lowest BCUT2D eigenvalue weighted by atomic mass is 10.2. The number of hydrogen-bond acceptors (Lipinski definition) is 3. The molecule has 0 fully saturated rings. The van der Waals surface area contributed by atoms with Crippen molar-refractivity contribution in [1.29, 1.82) is 0 Å². The van der Waals surface area contributed by atoms with Crippen LogP contribution in [0.25, 0.3) is 0 Å². The molecule has 0 aliphatic heterocycles. The zero-order valence-corrected chi connectivity index (χ0v) is 8.46. The summed E-state index contributed by atoms with van der Waals surface area (Å²) < 4.78 is 0. The first-order valence-corrected chi connectivity index (χ1v) is 4.62. The average Bonchev–Trinajstić information content (AvgIpc) is 2.09. The molecule has 72 valence electrons. The molecule has 0 amide bonds. The van der Waals surface area contributed by atoms with E-state index in [-0.39, 0.29) is 0 Å². The predicted molar refractivity (Wildman–Crippen MR) is 56.8 cm³/mol. The van der Waals surface area contributed by atoms with Gasteiger partial charge in [0, 0.05) is 6.04 Å². The first-order chi connectivity index (χ1) is 6.13. The van der Waals surface area contributed by atoms with Crippen LogP contribution in [0, 0.1) is 6.92 Å². The summed E-state index contributed by atoms with van der Waals surface area (Å²) in [6.07, 6.45) is 2.77. The summed E-state index contributed by atoms with van der Waals surface area (Å²) in [6.45, 7) is 6.29. The lowest BCUT2D eigenvalue weighted by Gasteiger charge is -2.14. The van der Waals surface area contributed by atoms with Crippen molar-refractivity contribution < 1.29 is 0 Å². The molecule has 0 saturated carbocycles. The van der Waals surface area contributed by atoms with Gasteiger partial charge in [0.1, 0.15) is 5.82 Å². The van der Waals surface area contributed by atoms with Gasteiger partial charge in [-0.1, -0.05) is 6.92 Å². The summed E-state index contributed by atoms with van der Waals surface area (Å²) in [5.41, 5.74) is 7.41. The molecule has 13 heavy (non-hydrogen) atoms. The van der Waals surface area contributed by atoms with Gasteiger partial charge in [-0.2, -0.15) is 0 Å². The van der Waals surface area contributed by atoms with Gasteiger partial charge >= 0.3 is 0 Å². The molecular weight excluding hydrogens is 162 g/mol. The minimum atomic E-state index is 0.454. The second-order valence-corrected chi connectivity index (χ2v) is 3.39. The third-order valence-corrected chi connectivity index (χ3v) is 2.09. The van der Waals surface area contributed by atoms with Gasteiger partial charge in [-0.05, 0) is 31.9 Å². The molecule has 0 spiro atoms. The van der Waals surface area contributed by atoms with Crippen LogP contribution in [0.1, 0.15) is 25.8 Å². The third-order valence-electron chi connectivity index (χ3n) is 2.09. The molecular formula is C10H17N3. The highest BCUT2D eigenvalue weighted by atomic mass is 15.0. The molecule has 1 aromatic heterocycles. The molecule has 0 saturated heterocycles. The van der Waals surface area contributed by atoms with Crippen LogP contribution >= 0.6 is 0 Å². The maximum atomic E-state index is 5.60. The van der Waals surface area contributed by atoms with E-state index >= 15 is 0 Å². The fourth-order valence-corrected chi connectivity index (χ4v) is 1.08. The number of hydrogen-bond donors (Lipinski definition) is 2. The third kappa shape index (κ3) is 2.61. The molecule has 0 radical (unpaired) electrons. The van der Waals surface area contributed by atoms with E-state index in [1.165, 1.54) is 0 Å². The van der Waals surface area contributed by atoms with E-state index < -0.39 is 0 Å². The van der Waals surface area contributed by atoms with E-state index in [2.05, 4.69) is 24.1 Å². The highest BCUT2D eigenvalue weighted by molar-refractivity contribution is 5.51. The van der Waals surface area contributed by atoms with E-state index in [4.69, 9.17) is 5.73 Å². The molecule has 1 aromatic rings. The number of nitrogens with two attached hydrogens (primary N) is 1. The van der Waals surface area contributed by atoms with Crippen LogP contribution in [-0.2, 0) is 0 Å². The Kier molecular flexibility index (Phi) is 3.12. The largest absolute Gasteiger partial charge is 0.397 e. The maximum absolute atomic E-state index is 5.60. The van der Waals surface area contributed by atoms with E-state index in [0.29, 0.717) is 11.7 Å². The molecule has 3 N–H and O–H groups in total. The number of aryl methyl sites for hydroxylation is 1. The number of anilines is 2. The predicted octanol–water partition coefficient (Wildman–Crippen LogP) is 2.18. The van der Waals surface area contributed by atoms with Crippen molar-refractivity contribution in [3.63, 3.8) is 0 Å². The number of aromatic nitrogens is 1. The van der Waals surface area contributed by atoms with Gasteiger partial charge in [0.05, 0.1) is 11.9 Å². The second kappa shape index (κ2) is 4.12. The molecule has 3 heteroatoms. The Morgan fingerprint density at radius 2 is 2.31 bits per heavy atom. The highest BCUT2D eigenvalue weighted by Crippen LogP contribution is 2.15. The van der Waals surface area contributed by atoms with Crippen LogP contribution < -0.4 is 11.1 Å². The van der Waals surface area contributed by atoms with E-state index in [1.54, 1.807) is 6.20 Å². The lowest BCUT2D eigenvalue weighted by Crippen LogP contribution is -2.15. The molecule has 1 atom stereocenters. The van der Waals surface area contributed by atoms with Crippen LogP contribution in [-0.4, -0.2) is 11.0 Å². The first kappa shape index (κ1) is 9.84. The molecule has 1 rings (SSSR count). The molecule has 1 unspecified atom stereocenters. The van der Waals surface area contributed by atoms with Crippen molar-refractivity contribution in [3.05, 3.63) is 17.8 Å². The van der Waals surface area contributed by atoms with Crippen LogP contribution in [0.2, 0.25) is 0 Å². The summed E-state index contributed by atoms with van der Waals surface area (Å²) in [7, 11) is 0. The molecule has 1 heterocycles. The van der Waals surface area contributed by atoms with Gasteiger partial charge < -0.3 is 11.1 Å². The summed E-state index contributed by atoms with van der Waals surface area (Å²) in [4.78, 5) is 4.23. The van der Waals surface area contributed by atoms with Crippen molar-refractivity contribution in [1.82, 2.24) is 4.98 Å². The molecule has 3 nitrogen and oxygen atoms in total. The van der Waals surface area contributed by atoms with Crippen molar-refractivity contribution in [2.45, 2.75) is 33.2 Å². The first-order valence-electron chi connectivity index (χ1n) is 4.62. The molecule has 0 aliphatic rings. The van der Waals surface area contributed by atoms with Gasteiger partial charge in [0.25, 0.3) is 0 Å². The van der Waals surface area contributed by atoms with E-state index in [0.717, 1.165) is 17.8 Å². The second-order valence-electron chi connectivity index (χ2n) is 3.39. The number of pyridine rings is 1. The van der Waals surface area contributed by atoms with Crippen molar-refractivity contribution in [3.8, 4) is 0 Å². The highest BCUT2D eigenvalue weighted by Gasteiger charge is 2.02. The Morgan fingerprint density at radius 1 is 1.62 bits per heavy atom. The Bertz CT molecular complexity index is 283. The molecule has 0 aliphatic carbocycles. The topological polar surface area (TPSA) is 50.9 Å². The van der Waals surface area contributed by atoms with Gasteiger partial charge in [0.2, 0.25) is 0 Å². The molecule has 0 aromatic carbocycles. The van der Waals surface area contributed by atoms with Gasteiger partial charge in [-0.3, -0.25) is 0 Å². The summed E-state index contributed by atoms with van der Waals surface area (Å²) in [5, 5.41) is 3.32. The zero-order valence-electron chi connectivity index (χ0n) is 8.46. The Morgan fingerprint density at radius 3 is 2.85 bits per heavy atom. The van der Waals surface area contributed by atoms with E-state index in [9.17, 15) is 0 Å². The lowest BCUT2D eigenvalue weighted by molar-refractivity contribution is 0.758. The normalized spacial score (nSPS) is 12.5. The number of nitrogen functional groups attached to an aromatic ring is 1. The van der Waals surface area contributed by atoms with E-state index in [1.807, 2.05) is 13.0 Å². The SMILES string of the molecule is CCC(C)Nc1ncc(N)cc1C. The Balaban J connectivity index is 2.77.